The molecule has 1 aliphatic rings. The van der Waals surface area contributed by atoms with Crippen LogP contribution in [0.4, 0.5) is 0 Å². The van der Waals surface area contributed by atoms with Crippen molar-refractivity contribution < 1.29 is 22.7 Å². The molecule has 0 spiro atoms. The van der Waals surface area contributed by atoms with Crippen LogP contribution in [0.25, 0.3) is 0 Å². The lowest BCUT2D eigenvalue weighted by Crippen LogP contribution is -2.34. The Labute approximate surface area is 155 Å². The first kappa shape index (κ1) is 20.7. The van der Waals surface area contributed by atoms with Gasteiger partial charge in [-0.05, 0) is 31.0 Å². The van der Waals surface area contributed by atoms with E-state index < -0.39 is 10.0 Å². The van der Waals surface area contributed by atoms with Gasteiger partial charge in [-0.3, -0.25) is 4.79 Å². The van der Waals surface area contributed by atoms with Crippen molar-refractivity contribution in [3.05, 3.63) is 23.8 Å². The fourth-order valence-corrected chi connectivity index (χ4v) is 4.21. The van der Waals surface area contributed by atoms with Gasteiger partial charge in [-0.15, -0.1) is 0 Å². The summed E-state index contributed by atoms with van der Waals surface area (Å²) in [5.41, 5.74) is 0.360. The van der Waals surface area contributed by atoms with Crippen LogP contribution < -0.4 is 9.46 Å². The van der Waals surface area contributed by atoms with Crippen LogP contribution in [-0.4, -0.2) is 59.7 Å². The number of carbonyl (C=O) groups excluding carboxylic acids is 1. The molecule has 1 aromatic rings. The van der Waals surface area contributed by atoms with Gasteiger partial charge in [-0.25, -0.2) is 13.1 Å². The highest BCUT2D eigenvalue weighted by Crippen LogP contribution is 2.26. The van der Waals surface area contributed by atoms with Crippen LogP contribution in [-0.2, 0) is 14.8 Å². The molecule has 0 radical (unpaired) electrons. The summed E-state index contributed by atoms with van der Waals surface area (Å²) < 4.78 is 37.6. The van der Waals surface area contributed by atoms with Crippen molar-refractivity contribution in [3.63, 3.8) is 0 Å². The van der Waals surface area contributed by atoms with Gasteiger partial charge in [0.15, 0.2) is 0 Å². The lowest BCUT2D eigenvalue weighted by Gasteiger charge is -2.25. The number of ether oxygens (including phenoxy) is 2. The Balaban J connectivity index is 2.25. The number of nitrogens with zero attached hydrogens (tertiary/aromatic N) is 1. The maximum atomic E-state index is 12.9. The number of hydrogen-bond donors (Lipinski definition) is 1. The van der Waals surface area contributed by atoms with Crippen LogP contribution in [0.15, 0.2) is 23.1 Å². The Morgan fingerprint density at radius 1 is 1.12 bits per heavy atom. The van der Waals surface area contributed by atoms with Gasteiger partial charge in [-0.1, -0.05) is 19.3 Å². The third-order valence-electron chi connectivity index (χ3n) is 4.44. The van der Waals surface area contributed by atoms with Gasteiger partial charge in [0.1, 0.15) is 10.6 Å². The minimum absolute atomic E-state index is 0.0333. The lowest BCUT2D eigenvalue weighted by atomic mass is 10.1. The molecule has 0 bridgehead atoms. The monoisotopic (exact) mass is 384 g/mol. The summed E-state index contributed by atoms with van der Waals surface area (Å²) in [5, 5.41) is 0. The van der Waals surface area contributed by atoms with E-state index >= 15 is 0 Å². The predicted octanol–water partition coefficient (Wildman–Crippen LogP) is 2.03. The summed E-state index contributed by atoms with van der Waals surface area (Å²) >= 11 is 0. The van der Waals surface area contributed by atoms with Crippen LogP contribution in [0.3, 0.4) is 0 Å². The molecule has 1 aliphatic heterocycles. The molecule has 1 amide bonds. The van der Waals surface area contributed by atoms with Crippen molar-refractivity contribution in [3.8, 4) is 5.75 Å². The van der Waals surface area contributed by atoms with Gasteiger partial charge in [0, 0.05) is 32.3 Å². The minimum Gasteiger partial charge on any atom is -0.495 e. The van der Waals surface area contributed by atoms with Crippen molar-refractivity contribution in [2.75, 3.05) is 40.5 Å². The van der Waals surface area contributed by atoms with Crippen molar-refractivity contribution >= 4 is 15.9 Å². The Morgan fingerprint density at radius 3 is 2.38 bits per heavy atom. The molecule has 1 heterocycles. The van der Waals surface area contributed by atoms with Crippen molar-refractivity contribution in [2.24, 2.45) is 0 Å². The average molecular weight is 384 g/mol. The normalized spacial score (nSPS) is 16.0. The molecule has 0 aliphatic carbocycles. The SMILES string of the molecule is COCCNS(=O)(=O)c1cc(C(=O)N2CCCCCCC2)ccc1OC. The molecule has 1 aromatic carbocycles. The Kier molecular flexibility index (Phi) is 7.86. The standard InChI is InChI=1S/C18H28N2O5S/c1-24-13-10-19-26(22,23)17-14-15(8-9-16(17)25-2)18(21)20-11-6-4-3-5-7-12-20/h8-9,14,19H,3-7,10-13H2,1-2H3. The third-order valence-corrected chi connectivity index (χ3v) is 5.92. The predicted molar refractivity (Wildman–Crippen MR) is 99.0 cm³/mol. The molecular weight excluding hydrogens is 356 g/mol. The summed E-state index contributed by atoms with van der Waals surface area (Å²) in [6.07, 6.45) is 5.40. The second-order valence-corrected chi connectivity index (χ2v) is 8.05. The molecule has 0 unspecified atom stereocenters. The quantitative estimate of drug-likeness (QED) is 0.727. The summed E-state index contributed by atoms with van der Waals surface area (Å²) in [4.78, 5) is 14.6. The second kappa shape index (κ2) is 9.89. The van der Waals surface area contributed by atoms with Crippen molar-refractivity contribution in [1.82, 2.24) is 9.62 Å². The van der Waals surface area contributed by atoms with E-state index in [0.29, 0.717) is 18.7 Å². The largest absolute Gasteiger partial charge is 0.495 e. The zero-order chi connectivity index (χ0) is 19.0. The minimum atomic E-state index is -3.80. The number of amides is 1. The number of methoxy groups -OCH3 is 2. The molecule has 0 aromatic heterocycles. The molecule has 26 heavy (non-hydrogen) atoms. The average Bonchev–Trinajstić information content (AvgIpc) is 2.60. The lowest BCUT2D eigenvalue weighted by molar-refractivity contribution is 0.0742. The van der Waals surface area contributed by atoms with Gasteiger partial charge in [0.2, 0.25) is 10.0 Å². The molecule has 7 nitrogen and oxygen atoms in total. The fourth-order valence-electron chi connectivity index (χ4n) is 3.01. The molecule has 0 atom stereocenters. The highest BCUT2D eigenvalue weighted by atomic mass is 32.2. The smallest absolute Gasteiger partial charge is 0.253 e. The maximum Gasteiger partial charge on any atom is 0.253 e. The van der Waals surface area contributed by atoms with Gasteiger partial charge in [0.05, 0.1) is 13.7 Å². The number of nitrogens with one attached hydrogen (secondary N) is 1. The zero-order valence-electron chi connectivity index (χ0n) is 15.5. The molecule has 1 N–H and O–H groups in total. The van der Waals surface area contributed by atoms with E-state index in [4.69, 9.17) is 9.47 Å². The zero-order valence-corrected chi connectivity index (χ0v) is 16.3. The Hall–Kier alpha value is -1.64. The Bertz CT molecular complexity index is 698. The summed E-state index contributed by atoms with van der Waals surface area (Å²) in [7, 11) is -0.897. The van der Waals surface area contributed by atoms with E-state index in [0.717, 1.165) is 25.7 Å². The summed E-state index contributed by atoms with van der Waals surface area (Å²) in [5.74, 6) is 0.0713. The number of sulfonamides is 1. The van der Waals surface area contributed by atoms with Crippen molar-refractivity contribution in [1.29, 1.82) is 0 Å². The summed E-state index contributed by atoms with van der Waals surface area (Å²) in [6, 6.07) is 4.55. The first-order valence-electron chi connectivity index (χ1n) is 8.95. The molecule has 0 saturated carbocycles. The van der Waals surface area contributed by atoms with E-state index in [1.807, 2.05) is 4.90 Å². The molecule has 1 fully saturated rings. The van der Waals surface area contributed by atoms with Gasteiger partial charge < -0.3 is 14.4 Å². The first-order chi connectivity index (χ1) is 12.5. The number of carbonyl (C=O) groups is 1. The molecule has 2 rings (SSSR count). The third kappa shape index (κ3) is 5.43. The van der Waals surface area contributed by atoms with E-state index in [9.17, 15) is 13.2 Å². The van der Waals surface area contributed by atoms with E-state index in [1.165, 1.54) is 32.8 Å². The molecule has 1 saturated heterocycles. The van der Waals surface area contributed by atoms with Crippen LogP contribution in [0, 0.1) is 0 Å². The van der Waals surface area contributed by atoms with Crippen LogP contribution in [0.2, 0.25) is 0 Å². The molecular formula is C18H28N2O5S. The highest BCUT2D eigenvalue weighted by molar-refractivity contribution is 7.89. The van der Waals surface area contributed by atoms with Crippen LogP contribution in [0.1, 0.15) is 42.5 Å². The van der Waals surface area contributed by atoms with E-state index in [-0.39, 0.29) is 29.7 Å². The number of hydrogen-bond acceptors (Lipinski definition) is 5. The van der Waals surface area contributed by atoms with E-state index in [1.54, 1.807) is 6.07 Å². The number of rotatable bonds is 7. The highest BCUT2D eigenvalue weighted by Gasteiger charge is 2.23. The molecule has 146 valence electrons. The number of likely N-dealkylation sites (tertiary alicyclic amines) is 1. The van der Waals surface area contributed by atoms with Gasteiger partial charge >= 0.3 is 0 Å². The van der Waals surface area contributed by atoms with Gasteiger partial charge in [0.25, 0.3) is 5.91 Å². The summed E-state index contributed by atoms with van der Waals surface area (Å²) in [6.45, 7) is 1.82. The fraction of sp³-hybridized carbons (Fsp3) is 0.611. The van der Waals surface area contributed by atoms with Crippen LogP contribution in [0.5, 0.6) is 5.75 Å². The molecule has 8 heteroatoms. The van der Waals surface area contributed by atoms with Crippen molar-refractivity contribution in [2.45, 2.75) is 37.0 Å². The maximum absolute atomic E-state index is 12.9. The Morgan fingerprint density at radius 2 is 1.77 bits per heavy atom. The topological polar surface area (TPSA) is 84.9 Å². The second-order valence-electron chi connectivity index (χ2n) is 6.32. The first-order valence-corrected chi connectivity index (χ1v) is 10.4. The van der Waals surface area contributed by atoms with Gasteiger partial charge in [-0.2, -0.15) is 0 Å². The van der Waals surface area contributed by atoms with E-state index in [2.05, 4.69) is 4.72 Å². The number of benzene rings is 1. The van der Waals surface area contributed by atoms with Crippen LogP contribution >= 0.6 is 0 Å².